The van der Waals surface area contributed by atoms with Gasteiger partial charge in [0.15, 0.2) is 17.3 Å². The van der Waals surface area contributed by atoms with E-state index < -0.39 is 10.0 Å². The molecular weight excluding hydrogens is 520 g/mol. The summed E-state index contributed by atoms with van der Waals surface area (Å²) >= 11 is 0. The summed E-state index contributed by atoms with van der Waals surface area (Å²) in [6.45, 7) is 5.61. The van der Waals surface area contributed by atoms with Gasteiger partial charge in [0.25, 0.3) is 10.0 Å². The fourth-order valence-corrected chi connectivity index (χ4v) is 5.54. The Balaban J connectivity index is 1.29. The lowest BCUT2D eigenvalue weighted by atomic mass is 10.1. The molecule has 0 atom stereocenters. The Labute approximate surface area is 227 Å². The maximum absolute atomic E-state index is 12.7. The molecule has 39 heavy (non-hydrogen) atoms. The van der Waals surface area contributed by atoms with Crippen molar-refractivity contribution < 1.29 is 22.4 Å². The molecule has 0 saturated carbocycles. The number of anilines is 3. The highest BCUT2D eigenvalue weighted by molar-refractivity contribution is 7.92. The van der Waals surface area contributed by atoms with Crippen LogP contribution in [0.3, 0.4) is 0 Å². The zero-order valence-corrected chi connectivity index (χ0v) is 22.8. The molecule has 11 nitrogen and oxygen atoms in total. The zero-order chi connectivity index (χ0) is 27.2. The molecule has 1 fully saturated rings. The van der Waals surface area contributed by atoms with E-state index >= 15 is 0 Å². The van der Waals surface area contributed by atoms with Gasteiger partial charge in [-0.25, -0.2) is 18.4 Å². The Bertz CT molecular complexity index is 1520. The topological polar surface area (TPSA) is 132 Å². The first kappa shape index (κ1) is 26.7. The normalized spacial score (nSPS) is 14.3. The van der Waals surface area contributed by atoms with Gasteiger partial charge in [0.1, 0.15) is 17.9 Å². The van der Waals surface area contributed by atoms with Crippen LogP contribution in [-0.4, -0.2) is 61.8 Å². The quantitative estimate of drug-likeness (QED) is 0.252. The van der Waals surface area contributed by atoms with Crippen LogP contribution in [-0.2, 0) is 10.0 Å². The monoisotopic (exact) mass is 552 g/mol. The minimum Gasteiger partial charge on any atom is -0.493 e. The van der Waals surface area contributed by atoms with Crippen LogP contribution in [0.25, 0.3) is 10.9 Å². The zero-order valence-electron chi connectivity index (χ0n) is 22.0. The van der Waals surface area contributed by atoms with E-state index in [1.807, 2.05) is 12.1 Å². The Kier molecular flexibility index (Phi) is 8.13. The molecule has 1 aliphatic heterocycles. The van der Waals surface area contributed by atoms with Gasteiger partial charge >= 0.3 is 0 Å². The molecular formula is C27H32N6O5S. The highest BCUT2D eigenvalue weighted by atomic mass is 32.2. The molecule has 2 aromatic carbocycles. The van der Waals surface area contributed by atoms with Crippen molar-refractivity contribution >= 4 is 38.2 Å². The van der Waals surface area contributed by atoms with Crippen LogP contribution in [0.4, 0.5) is 17.3 Å². The number of rotatable bonds is 11. The SMILES string of the molecule is COc1cc2ncnc(Nc3ccc(S(=O)(=O)Nc4cc(C)on4)cc3)c2cc1OCCCN1CCCCC1. The van der Waals surface area contributed by atoms with E-state index in [0.29, 0.717) is 40.9 Å². The number of ether oxygens (including phenoxy) is 2. The molecule has 0 radical (unpaired) electrons. The number of nitrogens with one attached hydrogen (secondary N) is 2. The van der Waals surface area contributed by atoms with Crippen molar-refractivity contribution in [3.8, 4) is 11.5 Å². The standard InChI is InChI=1S/C27H32N6O5S/c1-19-15-26(31-38-19)32-39(34,35)21-9-7-20(8-10-21)30-27-22-16-25(24(36-2)17-23(22)28-18-29-27)37-14-6-13-33-11-4-3-5-12-33/h7-10,15-18H,3-6,11-14H2,1-2H3,(H,31,32)(H,28,29,30). The van der Waals surface area contributed by atoms with E-state index in [1.165, 1.54) is 43.8 Å². The molecule has 4 aromatic rings. The van der Waals surface area contributed by atoms with Crippen molar-refractivity contribution in [2.24, 2.45) is 0 Å². The van der Waals surface area contributed by atoms with Gasteiger partial charge in [-0.15, -0.1) is 0 Å². The summed E-state index contributed by atoms with van der Waals surface area (Å²) in [4.78, 5) is 11.4. The van der Waals surface area contributed by atoms with Crippen molar-refractivity contribution in [3.05, 3.63) is 54.6 Å². The molecule has 0 spiro atoms. The number of sulfonamides is 1. The summed E-state index contributed by atoms with van der Waals surface area (Å²) in [5.74, 6) is 2.43. The molecule has 5 rings (SSSR count). The largest absolute Gasteiger partial charge is 0.493 e. The Morgan fingerprint density at radius 2 is 1.82 bits per heavy atom. The first-order chi connectivity index (χ1) is 18.9. The van der Waals surface area contributed by atoms with Gasteiger partial charge in [-0.3, -0.25) is 4.72 Å². The number of aromatic nitrogens is 3. The van der Waals surface area contributed by atoms with Crippen LogP contribution >= 0.6 is 0 Å². The van der Waals surface area contributed by atoms with Gasteiger partial charge in [0, 0.05) is 29.8 Å². The number of hydrogen-bond donors (Lipinski definition) is 2. The van der Waals surface area contributed by atoms with Crippen molar-refractivity contribution in [3.63, 3.8) is 0 Å². The number of nitrogens with zero attached hydrogens (tertiary/aromatic N) is 4. The lowest BCUT2D eigenvalue weighted by Gasteiger charge is -2.26. The first-order valence-electron chi connectivity index (χ1n) is 12.9. The van der Waals surface area contributed by atoms with E-state index in [0.717, 1.165) is 31.4 Å². The van der Waals surface area contributed by atoms with Crippen LogP contribution in [0.2, 0.25) is 0 Å². The van der Waals surface area contributed by atoms with Gasteiger partial charge in [-0.2, -0.15) is 0 Å². The van der Waals surface area contributed by atoms with E-state index in [1.54, 1.807) is 26.2 Å². The lowest BCUT2D eigenvalue weighted by molar-refractivity contribution is 0.203. The lowest BCUT2D eigenvalue weighted by Crippen LogP contribution is -2.31. The van der Waals surface area contributed by atoms with E-state index in [4.69, 9.17) is 14.0 Å². The third-order valence-electron chi connectivity index (χ3n) is 6.54. The van der Waals surface area contributed by atoms with E-state index in [9.17, 15) is 8.42 Å². The summed E-state index contributed by atoms with van der Waals surface area (Å²) in [6.07, 6.45) is 6.26. The molecule has 0 aliphatic carbocycles. The van der Waals surface area contributed by atoms with Crippen LogP contribution in [0.15, 0.2) is 58.2 Å². The molecule has 1 aliphatic rings. The molecule has 2 aromatic heterocycles. The highest BCUT2D eigenvalue weighted by Crippen LogP contribution is 2.35. The van der Waals surface area contributed by atoms with Crippen LogP contribution < -0.4 is 19.5 Å². The Morgan fingerprint density at radius 3 is 2.54 bits per heavy atom. The van der Waals surface area contributed by atoms with Gasteiger partial charge in [-0.05, 0) is 69.6 Å². The van der Waals surface area contributed by atoms with Crippen molar-refractivity contribution in [1.82, 2.24) is 20.0 Å². The predicted octanol–water partition coefficient (Wildman–Crippen LogP) is 4.73. The number of hydrogen-bond acceptors (Lipinski definition) is 10. The molecule has 12 heteroatoms. The number of aryl methyl sites for hydroxylation is 1. The number of methoxy groups -OCH3 is 1. The van der Waals surface area contributed by atoms with Crippen molar-refractivity contribution in [2.45, 2.75) is 37.5 Å². The van der Waals surface area contributed by atoms with Gasteiger partial charge in [0.2, 0.25) is 0 Å². The summed E-state index contributed by atoms with van der Waals surface area (Å²) in [7, 11) is -2.21. The summed E-state index contributed by atoms with van der Waals surface area (Å²) in [5, 5.41) is 7.69. The number of likely N-dealkylation sites (tertiary alicyclic amines) is 1. The highest BCUT2D eigenvalue weighted by Gasteiger charge is 2.17. The van der Waals surface area contributed by atoms with Crippen LogP contribution in [0.5, 0.6) is 11.5 Å². The molecule has 2 N–H and O–H groups in total. The molecule has 206 valence electrons. The minimum atomic E-state index is -3.82. The van der Waals surface area contributed by atoms with Crippen LogP contribution in [0.1, 0.15) is 31.4 Å². The number of benzene rings is 2. The van der Waals surface area contributed by atoms with Crippen molar-refractivity contribution in [2.75, 3.05) is 43.4 Å². The average molecular weight is 553 g/mol. The fourth-order valence-electron chi connectivity index (χ4n) is 4.55. The summed E-state index contributed by atoms with van der Waals surface area (Å²) in [6, 6.07) is 11.5. The molecule has 0 amide bonds. The minimum absolute atomic E-state index is 0.0891. The molecule has 0 bridgehead atoms. The predicted molar refractivity (Wildman–Crippen MR) is 148 cm³/mol. The second kappa shape index (κ2) is 11.9. The molecule has 1 saturated heterocycles. The maximum atomic E-state index is 12.7. The van der Waals surface area contributed by atoms with Crippen LogP contribution in [0, 0.1) is 6.92 Å². The van der Waals surface area contributed by atoms with E-state index in [2.05, 4.69) is 30.1 Å². The molecule has 3 heterocycles. The van der Waals surface area contributed by atoms with Crippen molar-refractivity contribution in [1.29, 1.82) is 0 Å². The second-order valence-electron chi connectivity index (χ2n) is 9.42. The third kappa shape index (κ3) is 6.58. The number of piperidine rings is 1. The average Bonchev–Trinajstić information content (AvgIpc) is 3.35. The van der Waals surface area contributed by atoms with Gasteiger partial charge < -0.3 is 24.2 Å². The van der Waals surface area contributed by atoms with Gasteiger partial charge in [0.05, 0.1) is 24.1 Å². The fraction of sp³-hybridized carbons (Fsp3) is 0.370. The van der Waals surface area contributed by atoms with E-state index in [-0.39, 0.29) is 10.7 Å². The summed E-state index contributed by atoms with van der Waals surface area (Å²) < 4.78 is 44.4. The smallest absolute Gasteiger partial charge is 0.263 e. The molecule has 0 unspecified atom stereocenters. The first-order valence-corrected chi connectivity index (χ1v) is 14.4. The Hall–Kier alpha value is -3.90. The summed E-state index contributed by atoms with van der Waals surface area (Å²) in [5.41, 5.74) is 1.35. The number of fused-ring (bicyclic) bond motifs is 1. The maximum Gasteiger partial charge on any atom is 0.263 e. The third-order valence-corrected chi connectivity index (χ3v) is 7.91. The van der Waals surface area contributed by atoms with Gasteiger partial charge in [-0.1, -0.05) is 11.6 Å². The Morgan fingerprint density at radius 1 is 1.03 bits per heavy atom. The second-order valence-corrected chi connectivity index (χ2v) is 11.1.